The largest absolute Gasteiger partial charge is 0.379 e. The molecule has 0 radical (unpaired) electrons. The number of nitrogens with zero attached hydrogens (tertiary/aromatic N) is 3. The molecule has 2 aliphatic rings. The van der Waals surface area contributed by atoms with E-state index in [1.165, 1.54) is 24.1 Å². The van der Waals surface area contributed by atoms with Crippen LogP contribution in [0.4, 0.5) is 0 Å². The zero-order valence-corrected chi connectivity index (χ0v) is 15.5. The average molecular weight is 359 g/mol. The van der Waals surface area contributed by atoms with E-state index >= 15 is 0 Å². The van der Waals surface area contributed by atoms with Crippen LogP contribution in [0, 0.1) is 5.92 Å². The van der Waals surface area contributed by atoms with E-state index in [9.17, 15) is 4.79 Å². The Morgan fingerprint density at radius 2 is 2.28 bits per heavy atom. The summed E-state index contributed by atoms with van der Waals surface area (Å²) in [5.41, 5.74) is 2.44. The van der Waals surface area contributed by atoms with Crippen LogP contribution in [0.3, 0.4) is 0 Å². The molecule has 1 aliphatic carbocycles. The molecule has 1 unspecified atom stereocenters. The van der Waals surface area contributed by atoms with Crippen molar-refractivity contribution in [1.82, 2.24) is 14.7 Å². The fourth-order valence-corrected chi connectivity index (χ4v) is 4.27. The molecule has 0 bridgehead atoms. The SMILES string of the molecule is CCn1ncc2c1C(COCC1CC1)N(C(=O)Cc1cccs1)CC2. The third-order valence-corrected chi connectivity index (χ3v) is 6.00. The predicted octanol–water partition coefficient (Wildman–Crippen LogP) is 3.06. The van der Waals surface area contributed by atoms with Crippen LogP contribution in [0.15, 0.2) is 23.7 Å². The summed E-state index contributed by atoms with van der Waals surface area (Å²) < 4.78 is 8.04. The van der Waals surface area contributed by atoms with Crippen LogP contribution < -0.4 is 0 Å². The van der Waals surface area contributed by atoms with Gasteiger partial charge in [0.2, 0.25) is 5.91 Å². The molecule has 2 aromatic heterocycles. The Balaban J connectivity index is 1.54. The minimum atomic E-state index is -0.0163. The van der Waals surface area contributed by atoms with E-state index in [0.29, 0.717) is 13.0 Å². The van der Waals surface area contributed by atoms with Crippen LogP contribution in [0.2, 0.25) is 0 Å². The Morgan fingerprint density at radius 1 is 1.40 bits per heavy atom. The second kappa shape index (κ2) is 7.30. The van der Waals surface area contributed by atoms with Gasteiger partial charge in [-0.05, 0) is 49.1 Å². The Bertz CT molecular complexity index is 708. The Kier molecular flexibility index (Phi) is 4.90. The molecule has 1 atom stereocenters. The smallest absolute Gasteiger partial charge is 0.228 e. The van der Waals surface area contributed by atoms with Crippen molar-refractivity contribution in [1.29, 1.82) is 0 Å². The molecule has 0 saturated heterocycles. The van der Waals surface area contributed by atoms with E-state index in [2.05, 4.69) is 12.0 Å². The second-order valence-electron chi connectivity index (χ2n) is 6.96. The maximum absolute atomic E-state index is 13.0. The number of fused-ring (bicyclic) bond motifs is 1. The van der Waals surface area contributed by atoms with Gasteiger partial charge >= 0.3 is 0 Å². The lowest BCUT2D eigenvalue weighted by Crippen LogP contribution is -2.43. The summed E-state index contributed by atoms with van der Waals surface area (Å²) in [6, 6.07) is 4.02. The Hall–Kier alpha value is -1.66. The van der Waals surface area contributed by atoms with Crippen molar-refractivity contribution in [3.8, 4) is 0 Å². The van der Waals surface area contributed by atoms with Crippen molar-refractivity contribution < 1.29 is 9.53 Å². The van der Waals surface area contributed by atoms with E-state index < -0.39 is 0 Å². The number of amides is 1. The highest BCUT2D eigenvalue weighted by Gasteiger charge is 2.34. The molecule has 0 spiro atoms. The van der Waals surface area contributed by atoms with Gasteiger partial charge in [-0.2, -0.15) is 5.10 Å². The maximum Gasteiger partial charge on any atom is 0.228 e. The Labute approximate surface area is 152 Å². The van der Waals surface area contributed by atoms with Gasteiger partial charge in [-0.3, -0.25) is 9.48 Å². The maximum atomic E-state index is 13.0. The zero-order chi connectivity index (χ0) is 17.2. The van der Waals surface area contributed by atoms with Crippen LogP contribution in [0.1, 0.15) is 41.9 Å². The van der Waals surface area contributed by atoms with Crippen LogP contribution in [0.25, 0.3) is 0 Å². The monoisotopic (exact) mass is 359 g/mol. The number of carbonyl (C=O) groups excluding carboxylic acids is 1. The van der Waals surface area contributed by atoms with Crippen molar-refractivity contribution in [2.45, 2.75) is 45.2 Å². The molecule has 4 rings (SSSR count). The predicted molar refractivity (Wildman–Crippen MR) is 97.6 cm³/mol. The van der Waals surface area contributed by atoms with Crippen molar-refractivity contribution in [3.63, 3.8) is 0 Å². The molecule has 2 aromatic rings. The molecule has 1 fully saturated rings. The number of aryl methyl sites for hydroxylation is 1. The first-order chi connectivity index (χ1) is 12.3. The third-order valence-electron chi connectivity index (χ3n) is 5.13. The minimum absolute atomic E-state index is 0.0163. The molecular weight excluding hydrogens is 334 g/mol. The first kappa shape index (κ1) is 16.8. The molecule has 1 aliphatic heterocycles. The summed E-state index contributed by atoms with van der Waals surface area (Å²) >= 11 is 1.65. The number of thiophene rings is 1. The molecule has 0 N–H and O–H groups in total. The van der Waals surface area contributed by atoms with E-state index in [4.69, 9.17) is 4.74 Å². The second-order valence-corrected chi connectivity index (χ2v) is 7.99. The van der Waals surface area contributed by atoms with Crippen molar-refractivity contribution in [3.05, 3.63) is 39.8 Å². The minimum Gasteiger partial charge on any atom is -0.379 e. The summed E-state index contributed by atoms with van der Waals surface area (Å²) in [6.45, 7) is 5.07. The van der Waals surface area contributed by atoms with Crippen molar-refractivity contribution in [2.75, 3.05) is 19.8 Å². The van der Waals surface area contributed by atoms with Gasteiger partial charge in [0.25, 0.3) is 0 Å². The fourth-order valence-electron chi connectivity index (χ4n) is 3.57. The molecule has 6 heteroatoms. The topological polar surface area (TPSA) is 47.4 Å². The summed E-state index contributed by atoms with van der Waals surface area (Å²) in [6.07, 6.45) is 5.89. The number of hydrogen-bond acceptors (Lipinski definition) is 4. The van der Waals surface area contributed by atoms with Gasteiger partial charge in [0.15, 0.2) is 0 Å². The van der Waals surface area contributed by atoms with Gasteiger partial charge in [-0.1, -0.05) is 6.07 Å². The standard InChI is InChI=1S/C19H25N3O2S/c1-2-22-19-15(11-20-22)7-8-21(17(19)13-24-12-14-5-6-14)18(23)10-16-4-3-9-25-16/h3-4,9,11,14,17H,2,5-8,10,12-13H2,1H3. The first-order valence-electron chi connectivity index (χ1n) is 9.20. The van der Waals surface area contributed by atoms with Gasteiger partial charge in [-0.15, -0.1) is 11.3 Å². The highest BCUT2D eigenvalue weighted by molar-refractivity contribution is 7.10. The summed E-state index contributed by atoms with van der Waals surface area (Å²) in [5, 5.41) is 6.54. The molecule has 0 aromatic carbocycles. The van der Waals surface area contributed by atoms with Gasteiger partial charge in [0.1, 0.15) is 0 Å². The molecule has 1 amide bonds. The van der Waals surface area contributed by atoms with Crippen molar-refractivity contribution in [2.24, 2.45) is 5.92 Å². The zero-order valence-electron chi connectivity index (χ0n) is 14.7. The van der Waals surface area contributed by atoms with Gasteiger partial charge in [0.05, 0.1) is 31.0 Å². The van der Waals surface area contributed by atoms with E-state index in [0.717, 1.165) is 36.9 Å². The Morgan fingerprint density at radius 3 is 3.00 bits per heavy atom. The number of rotatable bonds is 7. The van der Waals surface area contributed by atoms with E-state index in [1.54, 1.807) is 11.3 Å². The summed E-state index contributed by atoms with van der Waals surface area (Å²) in [7, 11) is 0. The molecule has 25 heavy (non-hydrogen) atoms. The quantitative estimate of drug-likeness (QED) is 0.763. The first-order valence-corrected chi connectivity index (χ1v) is 10.1. The van der Waals surface area contributed by atoms with Crippen LogP contribution in [-0.4, -0.2) is 40.3 Å². The molecular formula is C19H25N3O2S. The number of aromatic nitrogens is 2. The number of hydrogen-bond donors (Lipinski definition) is 0. The van der Waals surface area contributed by atoms with Crippen LogP contribution in [0.5, 0.6) is 0 Å². The fraction of sp³-hybridized carbons (Fsp3) is 0.579. The van der Waals surface area contributed by atoms with Crippen molar-refractivity contribution >= 4 is 17.2 Å². The lowest BCUT2D eigenvalue weighted by molar-refractivity contribution is -0.135. The van der Waals surface area contributed by atoms with Crippen LogP contribution in [-0.2, 0) is 28.9 Å². The molecule has 134 valence electrons. The molecule has 5 nitrogen and oxygen atoms in total. The van der Waals surface area contributed by atoms with Gasteiger partial charge in [-0.25, -0.2) is 0 Å². The number of carbonyl (C=O) groups is 1. The van der Waals surface area contributed by atoms with E-state index in [-0.39, 0.29) is 11.9 Å². The summed E-state index contributed by atoms with van der Waals surface area (Å²) in [5.74, 6) is 0.923. The van der Waals surface area contributed by atoms with E-state index in [1.807, 2.05) is 33.3 Å². The normalized spacial score (nSPS) is 19.9. The van der Waals surface area contributed by atoms with Gasteiger partial charge < -0.3 is 9.64 Å². The summed E-state index contributed by atoms with van der Waals surface area (Å²) in [4.78, 5) is 16.1. The third kappa shape index (κ3) is 3.65. The van der Waals surface area contributed by atoms with Crippen LogP contribution >= 0.6 is 11.3 Å². The van der Waals surface area contributed by atoms with Gasteiger partial charge in [0, 0.05) is 24.6 Å². The number of ether oxygens (including phenoxy) is 1. The lowest BCUT2D eigenvalue weighted by Gasteiger charge is -2.36. The molecule has 1 saturated carbocycles. The lowest BCUT2D eigenvalue weighted by atomic mass is 9.99. The highest BCUT2D eigenvalue weighted by atomic mass is 32.1. The average Bonchev–Trinajstić information content (AvgIpc) is 3.12. The molecule has 3 heterocycles. The highest BCUT2D eigenvalue weighted by Crippen LogP contribution is 2.33.